The Labute approximate surface area is 139 Å². The van der Waals surface area contributed by atoms with Gasteiger partial charge in [0.25, 0.3) is 0 Å². The summed E-state index contributed by atoms with van der Waals surface area (Å²) in [6.45, 7) is 10.3. The molecule has 4 nitrogen and oxygen atoms in total. The average Bonchev–Trinajstić information content (AvgIpc) is 2.53. The molecule has 1 saturated heterocycles. The molecule has 0 aromatic heterocycles. The van der Waals surface area contributed by atoms with Gasteiger partial charge in [-0.15, -0.1) is 0 Å². The van der Waals surface area contributed by atoms with Crippen LogP contribution in [0.15, 0.2) is 35.9 Å². The molecule has 1 fully saturated rings. The Hall–Kier alpha value is -1.65. The van der Waals surface area contributed by atoms with E-state index in [1.807, 2.05) is 19.9 Å². The quantitative estimate of drug-likeness (QED) is 0.821. The molecule has 1 N–H and O–H groups in total. The Morgan fingerprint density at radius 3 is 2.96 bits per heavy atom. The highest BCUT2D eigenvalue weighted by Crippen LogP contribution is 2.12. The zero-order valence-electron chi connectivity index (χ0n) is 14.5. The van der Waals surface area contributed by atoms with E-state index in [0.29, 0.717) is 12.6 Å². The fraction of sp³-hybridized carbons (Fsp3) is 0.526. The largest absolute Gasteiger partial charge is 0.376 e. The summed E-state index contributed by atoms with van der Waals surface area (Å²) in [4.78, 5) is 14.4. The van der Waals surface area contributed by atoms with Crippen LogP contribution in [0.4, 0.5) is 0 Å². The predicted molar refractivity (Wildman–Crippen MR) is 93.0 cm³/mol. The summed E-state index contributed by atoms with van der Waals surface area (Å²) in [5, 5.41) is 2.98. The lowest BCUT2D eigenvalue weighted by atomic mass is 10.1. The zero-order chi connectivity index (χ0) is 16.7. The van der Waals surface area contributed by atoms with Crippen molar-refractivity contribution < 1.29 is 9.53 Å². The molecule has 1 aromatic carbocycles. The van der Waals surface area contributed by atoms with Gasteiger partial charge in [0.1, 0.15) is 0 Å². The van der Waals surface area contributed by atoms with Crippen LogP contribution in [0.1, 0.15) is 38.3 Å². The van der Waals surface area contributed by atoms with E-state index in [0.717, 1.165) is 43.8 Å². The number of rotatable bonds is 6. The summed E-state index contributed by atoms with van der Waals surface area (Å²) in [5.41, 5.74) is 3.21. The number of allylic oxidation sites excluding steroid dienone is 1. The molecule has 2 rings (SSSR count). The zero-order valence-corrected chi connectivity index (χ0v) is 14.5. The topological polar surface area (TPSA) is 41.6 Å². The van der Waals surface area contributed by atoms with Crippen LogP contribution in [0.5, 0.6) is 0 Å². The molecule has 1 heterocycles. The smallest absolute Gasteiger partial charge is 0.246 e. The second-order valence-corrected chi connectivity index (χ2v) is 6.21. The Morgan fingerprint density at radius 1 is 1.43 bits per heavy atom. The monoisotopic (exact) mass is 316 g/mol. The molecule has 1 aliphatic rings. The minimum atomic E-state index is 0.0132. The molecule has 23 heavy (non-hydrogen) atoms. The highest BCUT2D eigenvalue weighted by atomic mass is 16.5. The summed E-state index contributed by atoms with van der Waals surface area (Å²) in [6.07, 6.45) is 3.14. The van der Waals surface area contributed by atoms with Crippen LogP contribution in [0.25, 0.3) is 0 Å². The minimum Gasteiger partial charge on any atom is -0.376 e. The Bertz CT molecular complexity index is 554. The number of carbonyl (C=O) groups excluding carboxylic acids is 1. The van der Waals surface area contributed by atoms with Gasteiger partial charge < -0.3 is 10.1 Å². The molecular formula is C19H28N2O2. The predicted octanol–water partition coefficient (Wildman–Crippen LogP) is 2.88. The van der Waals surface area contributed by atoms with Gasteiger partial charge in [-0.2, -0.15) is 0 Å². The fourth-order valence-corrected chi connectivity index (χ4v) is 2.85. The number of nitrogens with one attached hydrogen (secondary N) is 1. The van der Waals surface area contributed by atoms with E-state index in [2.05, 4.69) is 41.4 Å². The maximum absolute atomic E-state index is 11.9. The third-order valence-corrected chi connectivity index (χ3v) is 4.04. The summed E-state index contributed by atoms with van der Waals surface area (Å²) in [5.74, 6) is 0.0132. The van der Waals surface area contributed by atoms with Crippen molar-refractivity contribution in [3.05, 3.63) is 47.0 Å². The van der Waals surface area contributed by atoms with Gasteiger partial charge in [0.2, 0.25) is 5.91 Å². The van der Waals surface area contributed by atoms with Gasteiger partial charge in [-0.3, -0.25) is 9.69 Å². The first-order chi connectivity index (χ1) is 11.1. The van der Waals surface area contributed by atoms with Gasteiger partial charge in [-0.25, -0.2) is 0 Å². The molecule has 0 spiro atoms. The highest BCUT2D eigenvalue weighted by Gasteiger charge is 2.16. The number of amides is 1. The van der Waals surface area contributed by atoms with Crippen molar-refractivity contribution in [2.24, 2.45) is 0 Å². The van der Waals surface area contributed by atoms with Gasteiger partial charge in [-0.1, -0.05) is 37.3 Å². The second kappa shape index (κ2) is 8.85. The van der Waals surface area contributed by atoms with Gasteiger partial charge in [0, 0.05) is 31.8 Å². The Kier molecular flexibility index (Phi) is 6.81. The Balaban J connectivity index is 1.89. The summed E-state index contributed by atoms with van der Waals surface area (Å²) < 4.78 is 5.58. The number of ether oxygens (including phenoxy) is 1. The van der Waals surface area contributed by atoms with Crippen LogP contribution in [0, 0.1) is 0 Å². The van der Waals surface area contributed by atoms with Crippen LogP contribution in [0.2, 0.25) is 0 Å². The molecule has 1 amide bonds. The molecular weight excluding hydrogens is 288 g/mol. The van der Waals surface area contributed by atoms with E-state index in [1.165, 1.54) is 5.56 Å². The lowest BCUT2D eigenvalue weighted by molar-refractivity contribution is -0.117. The standard InChI is InChI=1S/C19H28N2O2/c1-4-6-15(2)19(22)20-12-17-7-5-8-18(11-17)14-21-9-10-23-16(3)13-21/h5-8,11,16H,4,9-10,12-14H2,1-3H3,(H,20,22)/b15-6-. The van der Waals surface area contributed by atoms with Crippen molar-refractivity contribution in [3.63, 3.8) is 0 Å². The molecule has 0 saturated carbocycles. The Morgan fingerprint density at radius 2 is 2.22 bits per heavy atom. The number of hydrogen-bond donors (Lipinski definition) is 1. The molecule has 1 atom stereocenters. The number of hydrogen-bond acceptors (Lipinski definition) is 3. The third-order valence-electron chi connectivity index (χ3n) is 4.04. The molecule has 1 aliphatic heterocycles. The van der Waals surface area contributed by atoms with Crippen LogP contribution < -0.4 is 5.32 Å². The van der Waals surface area contributed by atoms with Crippen LogP contribution in [-0.4, -0.2) is 36.6 Å². The SMILES string of the molecule is CC/C=C(/C)C(=O)NCc1cccc(CN2CCOC(C)C2)c1. The molecule has 0 radical (unpaired) electrons. The highest BCUT2D eigenvalue weighted by molar-refractivity contribution is 5.92. The van der Waals surface area contributed by atoms with Gasteiger partial charge >= 0.3 is 0 Å². The maximum Gasteiger partial charge on any atom is 0.246 e. The van der Waals surface area contributed by atoms with Crippen molar-refractivity contribution in [2.75, 3.05) is 19.7 Å². The van der Waals surface area contributed by atoms with Crippen molar-refractivity contribution in [3.8, 4) is 0 Å². The molecule has 1 unspecified atom stereocenters. The first-order valence-electron chi connectivity index (χ1n) is 8.45. The number of nitrogens with zero attached hydrogens (tertiary/aromatic N) is 1. The van der Waals surface area contributed by atoms with Crippen molar-refractivity contribution in [1.82, 2.24) is 10.2 Å². The van der Waals surface area contributed by atoms with Gasteiger partial charge in [0.15, 0.2) is 0 Å². The van der Waals surface area contributed by atoms with Crippen molar-refractivity contribution in [1.29, 1.82) is 0 Å². The maximum atomic E-state index is 11.9. The summed E-state index contributed by atoms with van der Waals surface area (Å²) >= 11 is 0. The number of morpholine rings is 1. The fourth-order valence-electron chi connectivity index (χ4n) is 2.85. The van der Waals surface area contributed by atoms with Crippen molar-refractivity contribution >= 4 is 5.91 Å². The lowest BCUT2D eigenvalue weighted by Gasteiger charge is -2.31. The van der Waals surface area contributed by atoms with Crippen LogP contribution >= 0.6 is 0 Å². The number of carbonyl (C=O) groups is 1. The summed E-state index contributed by atoms with van der Waals surface area (Å²) in [7, 11) is 0. The van der Waals surface area contributed by atoms with E-state index in [-0.39, 0.29) is 5.91 Å². The van der Waals surface area contributed by atoms with E-state index < -0.39 is 0 Å². The van der Waals surface area contributed by atoms with E-state index in [9.17, 15) is 4.79 Å². The average molecular weight is 316 g/mol. The van der Waals surface area contributed by atoms with Gasteiger partial charge in [-0.05, 0) is 31.4 Å². The van der Waals surface area contributed by atoms with E-state index in [4.69, 9.17) is 4.74 Å². The van der Waals surface area contributed by atoms with Crippen LogP contribution in [-0.2, 0) is 22.6 Å². The molecule has 126 valence electrons. The first kappa shape index (κ1) is 17.7. The molecule has 4 heteroatoms. The number of benzene rings is 1. The minimum absolute atomic E-state index is 0.0132. The van der Waals surface area contributed by atoms with Gasteiger partial charge in [0.05, 0.1) is 12.7 Å². The van der Waals surface area contributed by atoms with E-state index >= 15 is 0 Å². The molecule has 0 bridgehead atoms. The molecule has 1 aromatic rings. The van der Waals surface area contributed by atoms with E-state index in [1.54, 1.807) is 0 Å². The molecule has 0 aliphatic carbocycles. The van der Waals surface area contributed by atoms with Crippen molar-refractivity contribution in [2.45, 2.75) is 46.4 Å². The first-order valence-corrected chi connectivity index (χ1v) is 8.45. The normalized spacial score (nSPS) is 19.6. The second-order valence-electron chi connectivity index (χ2n) is 6.21. The lowest BCUT2D eigenvalue weighted by Crippen LogP contribution is -2.40. The third kappa shape index (κ3) is 5.81. The van der Waals surface area contributed by atoms with Crippen LogP contribution in [0.3, 0.4) is 0 Å². The summed E-state index contributed by atoms with van der Waals surface area (Å²) in [6, 6.07) is 8.45.